The van der Waals surface area contributed by atoms with E-state index < -0.39 is 0 Å². The molecule has 0 spiro atoms. The first-order valence-corrected chi connectivity index (χ1v) is 9.27. The molecule has 6 heteroatoms. The van der Waals surface area contributed by atoms with Gasteiger partial charge in [0, 0.05) is 32.0 Å². The number of H-pyrrole nitrogens is 1. The van der Waals surface area contributed by atoms with E-state index in [1.165, 1.54) is 0 Å². The van der Waals surface area contributed by atoms with E-state index in [0.29, 0.717) is 0 Å². The van der Waals surface area contributed by atoms with E-state index in [2.05, 4.69) is 16.0 Å². The summed E-state index contributed by atoms with van der Waals surface area (Å²) in [6.45, 7) is 0.263. The summed E-state index contributed by atoms with van der Waals surface area (Å²) in [5.41, 5.74) is 2.90. The maximum absolute atomic E-state index is 6.02. The van der Waals surface area contributed by atoms with Crippen molar-refractivity contribution in [3.05, 3.63) is 65.8 Å². The number of hydrogen-bond acceptors (Lipinski definition) is 4. The molecule has 1 aliphatic rings. The number of aromatic amines is 1. The maximum atomic E-state index is 6.02. The number of fused-ring (bicyclic) bond motifs is 2. The fourth-order valence-corrected chi connectivity index (χ4v) is 4.16. The standard InChI is InChI=1S/C20H13ClN2O2S/c21-13-4-6-14(7-5-13)26-19-15-2-1-9-22-20(15)23-18(19)12-3-8-16-17(10-12)25-11-24-16/h1-10H,11H2,(H,22,23). The molecule has 0 aliphatic carbocycles. The van der Waals surface area contributed by atoms with Crippen molar-refractivity contribution < 1.29 is 9.47 Å². The molecule has 3 heterocycles. The first-order valence-electron chi connectivity index (χ1n) is 8.08. The van der Waals surface area contributed by atoms with Gasteiger partial charge in [-0.25, -0.2) is 4.98 Å². The van der Waals surface area contributed by atoms with E-state index in [1.54, 1.807) is 18.0 Å². The third kappa shape index (κ3) is 2.69. The van der Waals surface area contributed by atoms with Crippen molar-refractivity contribution >= 4 is 34.4 Å². The normalized spacial score (nSPS) is 12.7. The molecule has 0 atom stereocenters. The Labute approximate surface area is 159 Å². The molecule has 26 heavy (non-hydrogen) atoms. The third-order valence-corrected chi connectivity index (χ3v) is 5.61. The van der Waals surface area contributed by atoms with Crippen LogP contribution in [0.3, 0.4) is 0 Å². The number of nitrogens with one attached hydrogen (secondary N) is 1. The third-order valence-electron chi connectivity index (χ3n) is 4.22. The van der Waals surface area contributed by atoms with Gasteiger partial charge >= 0.3 is 0 Å². The molecule has 0 amide bonds. The second-order valence-electron chi connectivity index (χ2n) is 5.85. The number of nitrogens with zero attached hydrogens (tertiary/aromatic N) is 1. The molecule has 128 valence electrons. The van der Waals surface area contributed by atoms with E-state index in [9.17, 15) is 0 Å². The van der Waals surface area contributed by atoms with Crippen molar-refractivity contribution in [2.45, 2.75) is 9.79 Å². The largest absolute Gasteiger partial charge is 0.454 e. The average molecular weight is 381 g/mol. The van der Waals surface area contributed by atoms with Crippen LogP contribution in [0.1, 0.15) is 0 Å². The highest BCUT2D eigenvalue weighted by molar-refractivity contribution is 7.99. The first kappa shape index (κ1) is 15.6. The Morgan fingerprint density at radius 1 is 1.00 bits per heavy atom. The van der Waals surface area contributed by atoms with Crippen LogP contribution in [-0.2, 0) is 0 Å². The van der Waals surface area contributed by atoms with Crippen LogP contribution in [0.4, 0.5) is 0 Å². The van der Waals surface area contributed by atoms with E-state index in [-0.39, 0.29) is 6.79 Å². The molecule has 0 bridgehead atoms. The summed E-state index contributed by atoms with van der Waals surface area (Å²) in [5.74, 6) is 1.53. The number of hydrogen-bond donors (Lipinski definition) is 1. The lowest BCUT2D eigenvalue weighted by Crippen LogP contribution is -1.92. The number of rotatable bonds is 3. The van der Waals surface area contributed by atoms with Gasteiger partial charge in [0.2, 0.25) is 6.79 Å². The van der Waals surface area contributed by atoms with Crippen LogP contribution >= 0.6 is 23.4 Å². The van der Waals surface area contributed by atoms with Gasteiger partial charge < -0.3 is 14.5 Å². The summed E-state index contributed by atoms with van der Waals surface area (Å²) in [7, 11) is 0. The number of ether oxygens (including phenoxy) is 2. The van der Waals surface area contributed by atoms with Crippen LogP contribution in [0, 0.1) is 0 Å². The van der Waals surface area contributed by atoms with E-state index in [0.717, 1.165) is 48.6 Å². The number of halogens is 1. The summed E-state index contributed by atoms with van der Waals surface area (Å²) in [4.78, 5) is 10.2. The minimum atomic E-state index is 0.263. The first-order chi connectivity index (χ1) is 12.8. The number of benzene rings is 2. The Balaban J connectivity index is 1.66. The molecule has 2 aromatic heterocycles. The monoisotopic (exact) mass is 380 g/mol. The Kier molecular flexibility index (Phi) is 3.76. The van der Waals surface area contributed by atoms with Crippen molar-refractivity contribution in [3.8, 4) is 22.8 Å². The van der Waals surface area contributed by atoms with Gasteiger partial charge in [-0.05, 0) is 54.6 Å². The zero-order valence-corrected chi connectivity index (χ0v) is 15.1. The maximum Gasteiger partial charge on any atom is 0.231 e. The molecule has 0 saturated heterocycles. The summed E-state index contributed by atoms with van der Waals surface area (Å²) in [6.07, 6.45) is 1.79. The van der Waals surface area contributed by atoms with E-state index >= 15 is 0 Å². The van der Waals surface area contributed by atoms with Crippen LogP contribution in [0.25, 0.3) is 22.3 Å². The smallest absolute Gasteiger partial charge is 0.231 e. The molecule has 1 N–H and O–H groups in total. The quantitative estimate of drug-likeness (QED) is 0.490. The zero-order valence-electron chi connectivity index (χ0n) is 13.5. The van der Waals surface area contributed by atoms with Crippen LogP contribution < -0.4 is 9.47 Å². The van der Waals surface area contributed by atoms with Gasteiger partial charge in [-0.2, -0.15) is 0 Å². The lowest BCUT2D eigenvalue weighted by molar-refractivity contribution is 0.174. The molecule has 0 unspecified atom stereocenters. The van der Waals surface area contributed by atoms with Crippen LogP contribution in [0.2, 0.25) is 5.02 Å². The van der Waals surface area contributed by atoms with Crippen molar-refractivity contribution in [2.75, 3.05) is 6.79 Å². The highest BCUT2D eigenvalue weighted by Crippen LogP contribution is 2.43. The topological polar surface area (TPSA) is 47.1 Å². The van der Waals surface area contributed by atoms with Gasteiger partial charge in [0.25, 0.3) is 0 Å². The van der Waals surface area contributed by atoms with Gasteiger partial charge in [0.15, 0.2) is 11.5 Å². The summed E-state index contributed by atoms with van der Waals surface area (Å²) in [6, 6.07) is 17.8. The minimum Gasteiger partial charge on any atom is -0.454 e. The Bertz CT molecular complexity index is 1110. The van der Waals surface area contributed by atoms with Crippen molar-refractivity contribution in [1.29, 1.82) is 0 Å². The minimum absolute atomic E-state index is 0.263. The fraction of sp³-hybridized carbons (Fsp3) is 0.0500. The highest BCUT2D eigenvalue weighted by atomic mass is 35.5. The molecule has 1 aliphatic heterocycles. The molecular formula is C20H13ClN2O2S. The summed E-state index contributed by atoms with van der Waals surface area (Å²) < 4.78 is 11.0. The summed E-state index contributed by atoms with van der Waals surface area (Å²) >= 11 is 7.70. The van der Waals surface area contributed by atoms with Crippen molar-refractivity contribution in [1.82, 2.24) is 9.97 Å². The lowest BCUT2D eigenvalue weighted by Gasteiger charge is -2.06. The van der Waals surface area contributed by atoms with Gasteiger partial charge in [0.05, 0.1) is 5.69 Å². The van der Waals surface area contributed by atoms with Crippen molar-refractivity contribution in [2.24, 2.45) is 0 Å². The predicted molar refractivity (Wildman–Crippen MR) is 103 cm³/mol. The molecule has 4 nitrogen and oxygen atoms in total. The number of aromatic nitrogens is 2. The predicted octanol–water partition coefficient (Wildman–Crippen LogP) is 5.76. The van der Waals surface area contributed by atoms with Crippen molar-refractivity contribution in [3.63, 3.8) is 0 Å². The zero-order chi connectivity index (χ0) is 17.5. The average Bonchev–Trinajstić information content (AvgIpc) is 3.28. The van der Waals surface area contributed by atoms with Crippen LogP contribution in [0.5, 0.6) is 11.5 Å². The van der Waals surface area contributed by atoms with E-state index in [4.69, 9.17) is 21.1 Å². The Morgan fingerprint density at radius 3 is 2.73 bits per heavy atom. The lowest BCUT2D eigenvalue weighted by atomic mass is 10.1. The van der Waals surface area contributed by atoms with Crippen LogP contribution in [-0.4, -0.2) is 16.8 Å². The fourth-order valence-electron chi connectivity index (χ4n) is 2.98. The molecular weight excluding hydrogens is 368 g/mol. The van der Waals surface area contributed by atoms with Gasteiger partial charge in [-0.3, -0.25) is 0 Å². The van der Waals surface area contributed by atoms with Gasteiger partial charge in [0.1, 0.15) is 5.65 Å². The molecule has 4 aromatic rings. The Morgan fingerprint density at radius 2 is 1.85 bits per heavy atom. The molecule has 0 fully saturated rings. The molecule has 2 aromatic carbocycles. The summed E-state index contributed by atoms with van der Waals surface area (Å²) in [5, 5.41) is 1.81. The number of pyridine rings is 1. The molecule has 0 radical (unpaired) electrons. The van der Waals surface area contributed by atoms with Crippen LogP contribution in [0.15, 0.2) is 70.6 Å². The SMILES string of the molecule is Clc1ccc(Sc2c(-c3ccc4c(c3)OCO4)[nH]c3ncccc23)cc1. The highest BCUT2D eigenvalue weighted by Gasteiger charge is 2.19. The van der Waals surface area contributed by atoms with Gasteiger partial charge in [-0.15, -0.1) is 0 Å². The van der Waals surface area contributed by atoms with E-state index in [1.807, 2.05) is 48.5 Å². The second kappa shape index (κ2) is 6.27. The van der Waals surface area contributed by atoms with Gasteiger partial charge in [-0.1, -0.05) is 23.4 Å². The molecule has 0 saturated carbocycles. The second-order valence-corrected chi connectivity index (χ2v) is 7.37. The molecule has 5 rings (SSSR count). The Hall–Kier alpha value is -2.63.